The van der Waals surface area contributed by atoms with Gasteiger partial charge in [-0.05, 0) is 25.2 Å². The molecular formula is C9H17N. The van der Waals surface area contributed by atoms with Gasteiger partial charge < -0.3 is 5.32 Å². The summed E-state index contributed by atoms with van der Waals surface area (Å²) in [6.45, 7) is 3.64. The minimum atomic E-state index is 0.748. The van der Waals surface area contributed by atoms with Gasteiger partial charge in [0.25, 0.3) is 0 Å². The van der Waals surface area contributed by atoms with E-state index in [4.69, 9.17) is 0 Å². The molecule has 0 aromatic rings. The molecule has 1 heterocycles. The summed E-state index contributed by atoms with van der Waals surface area (Å²) >= 11 is 0. The van der Waals surface area contributed by atoms with Crippen molar-refractivity contribution in [3.63, 3.8) is 0 Å². The summed E-state index contributed by atoms with van der Waals surface area (Å²) in [6, 6.07) is 0.813. The Hall–Kier alpha value is -0.0400. The van der Waals surface area contributed by atoms with Crippen molar-refractivity contribution < 1.29 is 0 Å². The zero-order valence-electron chi connectivity index (χ0n) is 6.82. The lowest BCUT2D eigenvalue weighted by molar-refractivity contribution is 0.0478. The standard InChI is InChI=1S/C9H17N/c1-8-9(7-10-8)5-3-2-4-6-9/h8,10H,2-7H2,1H3/t8-/m0/s1. The maximum absolute atomic E-state index is 3.47. The van der Waals surface area contributed by atoms with E-state index in [0.29, 0.717) is 0 Å². The Bertz CT molecular complexity index is 125. The van der Waals surface area contributed by atoms with Crippen LogP contribution >= 0.6 is 0 Å². The highest BCUT2D eigenvalue weighted by molar-refractivity contribution is 5.00. The number of hydrogen-bond donors (Lipinski definition) is 1. The van der Waals surface area contributed by atoms with E-state index in [-0.39, 0.29) is 0 Å². The second-order valence-corrected chi connectivity index (χ2v) is 4.03. The van der Waals surface area contributed by atoms with Crippen LogP contribution in [0.15, 0.2) is 0 Å². The van der Waals surface area contributed by atoms with Gasteiger partial charge in [0.1, 0.15) is 0 Å². The van der Waals surface area contributed by atoms with E-state index in [0.717, 1.165) is 11.5 Å². The second-order valence-electron chi connectivity index (χ2n) is 4.03. The molecule has 1 atom stereocenters. The van der Waals surface area contributed by atoms with Gasteiger partial charge in [0.05, 0.1) is 0 Å². The van der Waals surface area contributed by atoms with Crippen molar-refractivity contribution in [2.24, 2.45) is 5.41 Å². The zero-order chi connectivity index (χ0) is 7.03. The summed E-state index contributed by atoms with van der Waals surface area (Å²) in [5.41, 5.74) is 0.748. The fourth-order valence-corrected chi connectivity index (χ4v) is 2.46. The van der Waals surface area contributed by atoms with Gasteiger partial charge in [0.2, 0.25) is 0 Å². The quantitative estimate of drug-likeness (QED) is 0.540. The molecule has 2 aliphatic rings. The molecule has 1 saturated heterocycles. The molecular weight excluding hydrogens is 122 g/mol. The van der Waals surface area contributed by atoms with Crippen molar-refractivity contribution in [2.45, 2.75) is 45.1 Å². The molecule has 0 bridgehead atoms. The third-order valence-corrected chi connectivity index (χ3v) is 3.53. The van der Waals surface area contributed by atoms with Crippen molar-refractivity contribution in [1.29, 1.82) is 0 Å². The van der Waals surface area contributed by atoms with E-state index in [1.165, 1.54) is 38.6 Å². The van der Waals surface area contributed by atoms with Gasteiger partial charge in [-0.3, -0.25) is 0 Å². The molecule has 0 radical (unpaired) electrons. The lowest BCUT2D eigenvalue weighted by atomic mass is 9.65. The Balaban J connectivity index is 1.99. The molecule has 0 aromatic carbocycles. The number of rotatable bonds is 0. The first-order valence-corrected chi connectivity index (χ1v) is 4.57. The van der Waals surface area contributed by atoms with E-state index in [2.05, 4.69) is 12.2 Å². The minimum absolute atomic E-state index is 0.748. The monoisotopic (exact) mass is 139 g/mol. The van der Waals surface area contributed by atoms with Crippen LogP contribution in [0.4, 0.5) is 0 Å². The van der Waals surface area contributed by atoms with Crippen LogP contribution in [-0.2, 0) is 0 Å². The molecule has 1 N–H and O–H groups in total. The average molecular weight is 139 g/mol. The lowest BCUT2D eigenvalue weighted by Crippen LogP contribution is -2.61. The normalized spacial score (nSPS) is 37.5. The second kappa shape index (κ2) is 2.23. The molecule has 0 aromatic heterocycles. The van der Waals surface area contributed by atoms with Gasteiger partial charge in [-0.1, -0.05) is 19.3 Å². The summed E-state index contributed by atoms with van der Waals surface area (Å²) in [4.78, 5) is 0. The van der Waals surface area contributed by atoms with Gasteiger partial charge in [-0.25, -0.2) is 0 Å². The van der Waals surface area contributed by atoms with Crippen LogP contribution in [0, 0.1) is 5.41 Å². The molecule has 0 unspecified atom stereocenters. The molecule has 2 fully saturated rings. The zero-order valence-corrected chi connectivity index (χ0v) is 6.82. The van der Waals surface area contributed by atoms with Crippen molar-refractivity contribution in [2.75, 3.05) is 6.54 Å². The highest BCUT2D eigenvalue weighted by Crippen LogP contribution is 2.43. The van der Waals surface area contributed by atoms with Crippen molar-refractivity contribution in [3.8, 4) is 0 Å². The van der Waals surface area contributed by atoms with Crippen molar-refractivity contribution in [3.05, 3.63) is 0 Å². The van der Waals surface area contributed by atoms with Gasteiger partial charge in [-0.2, -0.15) is 0 Å². The summed E-state index contributed by atoms with van der Waals surface area (Å²) in [5.74, 6) is 0. The minimum Gasteiger partial charge on any atom is -0.313 e. The highest BCUT2D eigenvalue weighted by atomic mass is 15.0. The van der Waals surface area contributed by atoms with Crippen molar-refractivity contribution in [1.82, 2.24) is 5.32 Å². The van der Waals surface area contributed by atoms with Gasteiger partial charge >= 0.3 is 0 Å². The van der Waals surface area contributed by atoms with Crippen LogP contribution in [0.2, 0.25) is 0 Å². The largest absolute Gasteiger partial charge is 0.313 e. The van der Waals surface area contributed by atoms with Crippen LogP contribution in [-0.4, -0.2) is 12.6 Å². The van der Waals surface area contributed by atoms with Gasteiger partial charge in [-0.15, -0.1) is 0 Å². The fourth-order valence-electron chi connectivity index (χ4n) is 2.46. The number of hydrogen-bond acceptors (Lipinski definition) is 1. The molecule has 0 amide bonds. The van der Waals surface area contributed by atoms with Crippen molar-refractivity contribution >= 4 is 0 Å². The predicted molar refractivity (Wildman–Crippen MR) is 43.0 cm³/mol. The summed E-state index contributed by atoms with van der Waals surface area (Å²) in [7, 11) is 0. The molecule has 10 heavy (non-hydrogen) atoms. The van der Waals surface area contributed by atoms with Crippen LogP contribution in [0.1, 0.15) is 39.0 Å². The Morgan fingerprint density at radius 1 is 1.20 bits per heavy atom. The lowest BCUT2D eigenvalue weighted by Gasteiger charge is -2.51. The Morgan fingerprint density at radius 3 is 2.20 bits per heavy atom. The molecule has 1 spiro atoms. The van der Waals surface area contributed by atoms with E-state index < -0.39 is 0 Å². The maximum atomic E-state index is 3.47. The van der Waals surface area contributed by atoms with Gasteiger partial charge in [0, 0.05) is 12.6 Å². The van der Waals surface area contributed by atoms with Crippen LogP contribution in [0.3, 0.4) is 0 Å². The smallest absolute Gasteiger partial charge is 0.0108 e. The fraction of sp³-hybridized carbons (Fsp3) is 1.00. The third-order valence-electron chi connectivity index (χ3n) is 3.53. The Morgan fingerprint density at radius 2 is 1.90 bits per heavy atom. The molecule has 2 rings (SSSR count). The van der Waals surface area contributed by atoms with E-state index >= 15 is 0 Å². The SMILES string of the molecule is C[C@@H]1NCC12CCCCC2. The average Bonchev–Trinajstić information content (AvgIpc) is 2.04. The van der Waals surface area contributed by atoms with E-state index in [1.54, 1.807) is 0 Å². The molecule has 1 aliphatic carbocycles. The van der Waals surface area contributed by atoms with Crippen LogP contribution in [0.25, 0.3) is 0 Å². The maximum Gasteiger partial charge on any atom is 0.0108 e. The summed E-state index contributed by atoms with van der Waals surface area (Å²) in [6.07, 6.45) is 7.41. The third kappa shape index (κ3) is 0.800. The van der Waals surface area contributed by atoms with Crippen LogP contribution < -0.4 is 5.32 Å². The molecule has 1 aliphatic heterocycles. The molecule has 1 nitrogen and oxygen atoms in total. The van der Waals surface area contributed by atoms with Gasteiger partial charge in [0.15, 0.2) is 0 Å². The summed E-state index contributed by atoms with van der Waals surface area (Å²) < 4.78 is 0. The Labute approximate surface area is 63.2 Å². The summed E-state index contributed by atoms with van der Waals surface area (Å²) in [5, 5.41) is 3.47. The first-order valence-electron chi connectivity index (χ1n) is 4.57. The van der Waals surface area contributed by atoms with Crippen LogP contribution in [0.5, 0.6) is 0 Å². The van der Waals surface area contributed by atoms with E-state index in [1.807, 2.05) is 0 Å². The first-order chi connectivity index (χ1) is 4.83. The first kappa shape index (κ1) is 6.66. The Kier molecular flexibility index (Phi) is 1.48. The highest BCUT2D eigenvalue weighted by Gasteiger charge is 2.43. The van der Waals surface area contributed by atoms with E-state index in [9.17, 15) is 0 Å². The molecule has 1 saturated carbocycles. The number of nitrogens with one attached hydrogen (secondary N) is 1. The molecule has 1 heteroatoms. The predicted octanol–water partition coefficient (Wildman–Crippen LogP) is 1.93. The molecule has 58 valence electrons. The topological polar surface area (TPSA) is 12.0 Å².